The zero-order chi connectivity index (χ0) is 20.5. The van der Waals surface area contributed by atoms with Crippen molar-refractivity contribution in [1.29, 1.82) is 0 Å². The molecule has 1 N–H and O–H groups in total. The molecule has 2 aromatic heterocycles. The number of halogens is 2. The van der Waals surface area contributed by atoms with Crippen LogP contribution >= 0.6 is 22.9 Å². The van der Waals surface area contributed by atoms with Crippen molar-refractivity contribution in [3.8, 4) is 10.6 Å². The number of nitrogens with one attached hydrogen (secondary N) is 1. The predicted molar refractivity (Wildman–Crippen MR) is 110 cm³/mol. The Morgan fingerprint density at radius 2 is 2.10 bits per heavy atom. The number of nitrogens with zero attached hydrogens (tertiary/aromatic N) is 3. The van der Waals surface area contributed by atoms with Crippen molar-refractivity contribution in [3.05, 3.63) is 70.4 Å². The summed E-state index contributed by atoms with van der Waals surface area (Å²) in [7, 11) is 1.49. The van der Waals surface area contributed by atoms with Crippen LogP contribution in [0.2, 0.25) is 5.02 Å². The van der Waals surface area contributed by atoms with Crippen molar-refractivity contribution in [2.24, 2.45) is 4.40 Å². The zero-order valence-electron chi connectivity index (χ0n) is 14.8. The van der Waals surface area contributed by atoms with Crippen LogP contribution in [0, 0.1) is 5.82 Å². The second kappa shape index (κ2) is 7.90. The topological polar surface area (TPSA) is 87.8 Å². The van der Waals surface area contributed by atoms with E-state index in [4.69, 9.17) is 16.0 Å². The van der Waals surface area contributed by atoms with E-state index in [1.54, 1.807) is 12.3 Å². The Kier molecular flexibility index (Phi) is 5.31. The van der Waals surface area contributed by atoms with Crippen molar-refractivity contribution in [3.63, 3.8) is 0 Å². The Morgan fingerprint density at radius 1 is 1.31 bits per heavy atom. The number of oxazole rings is 1. The summed E-state index contributed by atoms with van der Waals surface area (Å²) in [5.74, 6) is -0.511. The lowest BCUT2D eigenvalue weighted by molar-refractivity contribution is -0.113. The van der Waals surface area contributed by atoms with E-state index in [0.717, 1.165) is 10.9 Å². The molecule has 0 fully saturated rings. The van der Waals surface area contributed by atoms with E-state index in [1.807, 2.05) is 6.07 Å². The summed E-state index contributed by atoms with van der Waals surface area (Å²) in [4.78, 5) is 18.1. The molecular weight excluding hydrogens is 439 g/mol. The van der Waals surface area contributed by atoms with Gasteiger partial charge in [0.25, 0.3) is 5.91 Å². The standard InChI is InChI=1S/C18H12ClFN4O3S2/c1-24-14(18(25)22-10-2-3-12(20)11(19)6-10)7-13(23-29(24)26)16-4-5-17(28-16)15-8-21-9-27-15/h2-9H,1H3,(H,22,25). The van der Waals surface area contributed by atoms with Crippen molar-refractivity contribution >= 4 is 51.4 Å². The fourth-order valence-electron chi connectivity index (χ4n) is 2.52. The third kappa shape index (κ3) is 4.00. The monoisotopic (exact) mass is 450 g/mol. The fourth-order valence-corrected chi connectivity index (χ4v) is 4.42. The van der Waals surface area contributed by atoms with E-state index >= 15 is 0 Å². The van der Waals surface area contributed by atoms with Gasteiger partial charge in [-0.2, -0.15) is 4.40 Å². The van der Waals surface area contributed by atoms with Gasteiger partial charge in [-0.25, -0.2) is 13.6 Å². The van der Waals surface area contributed by atoms with E-state index in [-0.39, 0.29) is 10.7 Å². The number of carbonyl (C=O) groups excluding carboxylic acids is 1. The summed E-state index contributed by atoms with van der Waals surface area (Å²) in [6.07, 6.45) is 4.46. The first kappa shape index (κ1) is 19.5. The number of anilines is 1. The van der Waals surface area contributed by atoms with Gasteiger partial charge in [-0.1, -0.05) is 11.6 Å². The van der Waals surface area contributed by atoms with Crippen molar-refractivity contribution in [2.45, 2.75) is 0 Å². The largest absolute Gasteiger partial charge is 0.443 e. The maximum absolute atomic E-state index is 13.3. The van der Waals surface area contributed by atoms with E-state index in [1.165, 1.54) is 47.3 Å². The molecular formula is C18H12ClFN4O3S2. The molecule has 0 aliphatic carbocycles. The van der Waals surface area contributed by atoms with Gasteiger partial charge in [-0.15, -0.1) is 11.3 Å². The summed E-state index contributed by atoms with van der Waals surface area (Å²) in [5.41, 5.74) is 0.858. The Balaban J connectivity index is 1.61. The van der Waals surface area contributed by atoms with Gasteiger partial charge in [-0.3, -0.25) is 9.10 Å². The average molecular weight is 451 g/mol. The Hall–Kier alpha value is -2.82. The number of hydrogen-bond acceptors (Lipinski definition) is 5. The van der Waals surface area contributed by atoms with Gasteiger partial charge in [0.05, 0.1) is 26.7 Å². The number of carbonyl (C=O) groups is 1. The van der Waals surface area contributed by atoms with Gasteiger partial charge in [0, 0.05) is 12.7 Å². The summed E-state index contributed by atoms with van der Waals surface area (Å²) < 4.78 is 36.4. The minimum atomic E-state index is -1.78. The number of thiophene rings is 1. The minimum absolute atomic E-state index is 0.113. The molecule has 0 spiro atoms. The van der Waals surface area contributed by atoms with Crippen LogP contribution in [0.25, 0.3) is 10.6 Å². The van der Waals surface area contributed by atoms with E-state index in [9.17, 15) is 13.4 Å². The molecule has 0 saturated heterocycles. The van der Waals surface area contributed by atoms with Gasteiger partial charge in [-0.05, 0) is 36.4 Å². The number of aromatic nitrogens is 1. The minimum Gasteiger partial charge on any atom is -0.443 e. The summed E-state index contributed by atoms with van der Waals surface area (Å²) in [5, 5.41) is 2.51. The molecule has 11 heteroatoms. The number of benzene rings is 1. The van der Waals surface area contributed by atoms with Crippen LogP contribution in [-0.2, 0) is 16.0 Å². The smallest absolute Gasteiger partial charge is 0.272 e. The van der Waals surface area contributed by atoms with Crippen LogP contribution in [0.1, 0.15) is 4.88 Å². The molecule has 3 aromatic rings. The molecule has 1 atom stereocenters. The molecule has 1 aliphatic rings. The summed E-state index contributed by atoms with van der Waals surface area (Å²) in [6.45, 7) is 0. The molecule has 4 rings (SSSR count). The van der Waals surface area contributed by atoms with Crippen LogP contribution in [0.3, 0.4) is 0 Å². The van der Waals surface area contributed by atoms with Crippen molar-refractivity contribution in [2.75, 3.05) is 12.4 Å². The Bertz CT molecular complexity index is 1170. The third-order valence-electron chi connectivity index (χ3n) is 3.97. The fraction of sp³-hybridized carbons (Fsp3) is 0.0556. The molecule has 0 radical (unpaired) electrons. The maximum atomic E-state index is 13.3. The Labute approximate surface area is 176 Å². The van der Waals surface area contributed by atoms with Crippen molar-refractivity contribution in [1.82, 2.24) is 9.29 Å². The highest BCUT2D eigenvalue weighted by atomic mass is 35.5. The highest BCUT2D eigenvalue weighted by molar-refractivity contribution is 7.81. The molecule has 1 unspecified atom stereocenters. The van der Waals surface area contributed by atoms with Gasteiger partial charge >= 0.3 is 0 Å². The van der Waals surface area contributed by atoms with Gasteiger partial charge < -0.3 is 9.73 Å². The van der Waals surface area contributed by atoms with Crippen LogP contribution in [0.15, 0.2) is 63.5 Å². The lowest BCUT2D eigenvalue weighted by Gasteiger charge is -2.22. The SMILES string of the molecule is CN1C(C(=O)Nc2ccc(F)c(Cl)c2)=CC(c2ccc(-c3cnco3)s2)=NS1=O. The van der Waals surface area contributed by atoms with E-state index in [0.29, 0.717) is 22.0 Å². The molecule has 7 nitrogen and oxygen atoms in total. The molecule has 3 heterocycles. The van der Waals surface area contributed by atoms with Crippen LogP contribution in [0.4, 0.5) is 10.1 Å². The molecule has 1 aromatic carbocycles. The summed E-state index contributed by atoms with van der Waals surface area (Å²) in [6, 6.07) is 7.47. The third-order valence-corrected chi connectivity index (χ3v) is 6.40. The molecule has 0 saturated carbocycles. The number of amides is 1. The molecule has 148 valence electrons. The van der Waals surface area contributed by atoms with E-state index < -0.39 is 22.9 Å². The molecule has 1 aliphatic heterocycles. The zero-order valence-corrected chi connectivity index (χ0v) is 17.1. The highest BCUT2D eigenvalue weighted by Gasteiger charge is 2.25. The predicted octanol–water partition coefficient (Wildman–Crippen LogP) is 4.03. The Morgan fingerprint density at radius 3 is 2.83 bits per heavy atom. The molecule has 1 amide bonds. The second-order valence-corrected chi connectivity index (χ2v) is 8.53. The van der Waals surface area contributed by atoms with Crippen LogP contribution in [-0.4, -0.2) is 32.2 Å². The number of hydrogen-bond donors (Lipinski definition) is 1. The second-order valence-electron chi connectivity index (χ2n) is 5.85. The van der Waals surface area contributed by atoms with Crippen molar-refractivity contribution < 1.29 is 17.8 Å². The quantitative estimate of drug-likeness (QED) is 0.650. The number of allylic oxidation sites excluding steroid dienone is 1. The molecule has 29 heavy (non-hydrogen) atoms. The normalized spacial score (nSPS) is 16.4. The van der Waals surface area contributed by atoms with Crippen LogP contribution in [0.5, 0.6) is 0 Å². The average Bonchev–Trinajstić information content (AvgIpc) is 3.38. The van der Waals surface area contributed by atoms with Gasteiger partial charge in [0.1, 0.15) is 11.5 Å². The number of likely N-dealkylation sites (N-methyl/N-ethyl adjacent to an activating group) is 1. The number of rotatable bonds is 4. The first-order valence-corrected chi connectivity index (χ1v) is 10.4. The maximum Gasteiger partial charge on any atom is 0.272 e. The highest BCUT2D eigenvalue weighted by Crippen LogP contribution is 2.30. The molecule has 0 bridgehead atoms. The van der Waals surface area contributed by atoms with E-state index in [2.05, 4.69) is 14.7 Å². The summed E-state index contributed by atoms with van der Waals surface area (Å²) >= 11 is 5.34. The van der Waals surface area contributed by atoms with Gasteiger partial charge in [0.15, 0.2) is 12.2 Å². The van der Waals surface area contributed by atoms with Crippen LogP contribution < -0.4 is 5.32 Å². The first-order chi connectivity index (χ1) is 13.9. The first-order valence-electron chi connectivity index (χ1n) is 8.14. The van der Waals surface area contributed by atoms with Gasteiger partial charge in [0.2, 0.25) is 11.2 Å². The lowest BCUT2D eigenvalue weighted by atomic mass is 10.2. The lowest BCUT2D eigenvalue weighted by Crippen LogP contribution is -2.32.